The third-order valence-corrected chi connectivity index (χ3v) is 2.56. The monoisotopic (exact) mass is 316 g/mol. The van der Waals surface area contributed by atoms with Gasteiger partial charge in [0.2, 0.25) is 0 Å². The van der Waals surface area contributed by atoms with Crippen LogP contribution in [0.3, 0.4) is 0 Å². The van der Waals surface area contributed by atoms with E-state index in [1.807, 2.05) is 0 Å². The second-order valence-electron chi connectivity index (χ2n) is 4.12. The first-order valence-electron chi connectivity index (χ1n) is 5.39. The molecule has 0 spiro atoms. The zero-order valence-corrected chi connectivity index (χ0v) is 10.4. The molecule has 0 amide bonds. The highest BCUT2D eigenvalue weighted by Gasteiger charge is 2.75. The largest absolute Gasteiger partial charge is 0.459 e. The number of alkyl halides is 8. The minimum Gasteiger partial charge on any atom is -0.459 e. The van der Waals surface area contributed by atoms with Crippen molar-refractivity contribution in [3.05, 3.63) is 0 Å². The lowest BCUT2D eigenvalue weighted by molar-refractivity contribution is -0.344. The van der Waals surface area contributed by atoms with E-state index in [1.165, 1.54) is 13.8 Å². The summed E-state index contributed by atoms with van der Waals surface area (Å²) in [4.78, 5) is 11.0. The van der Waals surface area contributed by atoms with Gasteiger partial charge in [0.05, 0.1) is 5.92 Å². The molecule has 0 aliphatic rings. The molecule has 0 aliphatic heterocycles. The van der Waals surface area contributed by atoms with E-state index in [4.69, 9.17) is 0 Å². The zero-order chi connectivity index (χ0) is 16.4. The fourth-order valence-corrected chi connectivity index (χ4v) is 0.942. The third-order valence-electron chi connectivity index (χ3n) is 2.56. The highest BCUT2D eigenvalue weighted by atomic mass is 19.4. The molecule has 0 saturated heterocycles. The molecule has 20 heavy (non-hydrogen) atoms. The molecule has 0 aliphatic carbocycles. The second kappa shape index (κ2) is 6.13. The van der Waals surface area contributed by atoms with Gasteiger partial charge in [-0.15, -0.1) is 0 Å². The molecule has 120 valence electrons. The van der Waals surface area contributed by atoms with Crippen LogP contribution in [0.25, 0.3) is 0 Å². The Labute approximate surface area is 109 Å². The van der Waals surface area contributed by atoms with Crippen LogP contribution in [0.15, 0.2) is 0 Å². The van der Waals surface area contributed by atoms with Gasteiger partial charge in [-0.2, -0.15) is 26.3 Å². The van der Waals surface area contributed by atoms with E-state index in [-0.39, 0.29) is 6.42 Å². The van der Waals surface area contributed by atoms with Crippen molar-refractivity contribution >= 4 is 5.97 Å². The lowest BCUT2D eigenvalue weighted by atomic mass is 10.1. The van der Waals surface area contributed by atoms with Crippen molar-refractivity contribution in [1.82, 2.24) is 0 Å². The first-order chi connectivity index (χ1) is 8.81. The van der Waals surface area contributed by atoms with Crippen molar-refractivity contribution in [3.8, 4) is 0 Å². The van der Waals surface area contributed by atoms with E-state index in [0.29, 0.717) is 0 Å². The third kappa shape index (κ3) is 3.51. The van der Waals surface area contributed by atoms with Crippen LogP contribution < -0.4 is 0 Å². The van der Waals surface area contributed by atoms with Crippen molar-refractivity contribution in [1.29, 1.82) is 0 Å². The first kappa shape index (κ1) is 18.9. The summed E-state index contributed by atoms with van der Waals surface area (Å²) in [6, 6.07) is 0. The van der Waals surface area contributed by atoms with Crippen LogP contribution in [0.2, 0.25) is 0 Å². The maximum Gasteiger partial charge on any atom is 0.381 e. The summed E-state index contributed by atoms with van der Waals surface area (Å²) in [5.41, 5.74) is 0. The van der Waals surface area contributed by atoms with E-state index in [9.17, 15) is 39.9 Å². The fourth-order valence-electron chi connectivity index (χ4n) is 0.942. The van der Waals surface area contributed by atoms with Gasteiger partial charge < -0.3 is 4.74 Å². The van der Waals surface area contributed by atoms with Gasteiger partial charge in [0.15, 0.2) is 6.61 Å². The van der Waals surface area contributed by atoms with Gasteiger partial charge in [-0.3, -0.25) is 4.79 Å². The topological polar surface area (TPSA) is 26.3 Å². The molecule has 0 aromatic heterocycles. The average molecular weight is 316 g/mol. The Morgan fingerprint density at radius 1 is 1.10 bits per heavy atom. The average Bonchev–Trinajstić information content (AvgIpc) is 2.34. The summed E-state index contributed by atoms with van der Waals surface area (Å²) in [5, 5.41) is 0. The molecule has 0 radical (unpaired) electrons. The molecule has 1 unspecified atom stereocenters. The molecule has 0 rings (SSSR count). The van der Waals surface area contributed by atoms with Crippen LogP contribution in [0.4, 0.5) is 35.1 Å². The second-order valence-corrected chi connectivity index (χ2v) is 4.12. The van der Waals surface area contributed by atoms with Crippen LogP contribution >= 0.6 is 0 Å². The predicted molar refractivity (Wildman–Crippen MR) is 51.3 cm³/mol. The molecule has 10 heteroatoms. The van der Waals surface area contributed by atoms with Crippen LogP contribution in [0.5, 0.6) is 0 Å². The summed E-state index contributed by atoms with van der Waals surface area (Å²) < 4.78 is 104. The Hall–Kier alpha value is -1.09. The zero-order valence-electron chi connectivity index (χ0n) is 10.4. The quantitative estimate of drug-likeness (QED) is 0.528. The number of carbonyl (C=O) groups excluding carboxylic acids is 1. The standard InChI is InChI=1S/C10H12F8O2/c1-3-5(2)6(19)20-4-8(13,14)10(17,18)9(15,16)7(11)12/h5,7H,3-4H2,1-2H3. The smallest absolute Gasteiger partial charge is 0.381 e. The van der Waals surface area contributed by atoms with E-state index < -0.39 is 42.7 Å². The van der Waals surface area contributed by atoms with Crippen molar-refractivity contribution < 1.29 is 44.7 Å². The van der Waals surface area contributed by atoms with E-state index in [2.05, 4.69) is 4.74 Å². The number of carbonyl (C=O) groups is 1. The van der Waals surface area contributed by atoms with E-state index >= 15 is 0 Å². The highest BCUT2D eigenvalue weighted by molar-refractivity contribution is 5.71. The van der Waals surface area contributed by atoms with Gasteiger partial charge in [-0.25, -0.2) is 8.78 Å². The maximum atomic E-state index is 12.9. The minimum absolute atomic E-state index is 0.133. The van der Waals surface area contributed by atoms with Gasteiger partial charge in [-0.05, 0) is 6.42 Å². The number of hydrogen-bond acceptors (Lipinski definition) is 2. The summed E-state index contributed by atoms with van der Waals surface area (Å²) in [6.45, 7) is 0.279. The normalized spacial score (nSPS) is 15.3. The van der Waals surface area contributed by atoms with Gasteiger partial charge in [0, 0.05) is 0 Å². The highest BCUT2D eigenvalue weighted by Crippen LogP contribution is 2.48. The van der Waals surface area contributed by atoms with Crippen molar-refractivity contribution in [3.63, 3.8) is 0 Å². The number of halogens is 8. The summed E-state index contributed by atoms with van der Waals surface area (Å²) in [6.07, 6.45) is -4.86. The number of rotatable bonds is 7. The van der Waals surface area contributed by atoms with Crippen LogP contribution in [-0.2, 0) is 9.53 Å². The predicted octanol–water partition coefficient (Wildman–Crippen LogP) is 3.75. The first-order valence-corrected chi connectivity index (χ1v) is 5.39. The number of hydrogen-bond donors (Lipinski definition) is 0. The Morgan fingerprint density at radius 3 is 1.90 bits per heavy atom. The van der Waals surface area contributed by atoms with Crippen molar-refractivity contribution in [2.75, 3.05) is 6.61 Å². The fraction of sp³-hybridized carbons (Fsp3) is 0.900. The minimum atomic E-state index is -6.36. The Kier molecular flexibility index (Phi) is 5.79. The molecule has 0 N–H and O–H groups in total. The molecular weight excluding hydrogens is 304 g/mol. The molecule has 0 aromatic carbocycles. The molecule has 0 saturated carbocycles. The van der Waals surface area contributed by atoms with Crippen molar-refractivity contribution in [2.24, 2.45) is 5.92 Å². The lowest BCUT2D eigenvalue weighted by Gasteiger charge is -2.31. The lowest BCUT2D eigenvalue weighted by Crippen LogP contribution is -2.59. The molecule has 0 bridgehead atoms. The van der Waals surface area contributed by atoms with Gasteiger partial charge >= 0.3 is 30.2 Å². The van der Waals surface area contributed by atoms with Crippen LogP contribution in [0, 0.1) is 5.92 Å². The Morgan fingerprint density at radius 2 is 1.55 bits per heavy atom. The van der Waals surface area contributed by atoms with Gasteiger partial charge in [0.25, 0.3) is 0 Å². The Balaban J connectivity index is 5.00. The molecule has 0 aromatic rings. The van der Waals surface area contributed by atoms with Crippen molar-refractivity contribution in [2.45, 2.75) is 44.5 Å². The molecular formula is C10H12F8O2. The summed E-state index contributed by atoms with van der Waals surface area (Å²) in [5.74, 6) is -20.5. The maximum absolute atomic E-state index is 12.9. The summed E-state index contributed by atoms with van der Waals surface area (Å²) >= 11 is 0. The van der Waals surface area contributed by atoms with Gasteiger partial charge in [-0.1, -0.05) is 13.8 Å². The van der Waals surface area contributed by atoms with E-state index in [1.54, 1.807) is 0 Å². The number of esters is 1. The summed E-state index contributed by atoms with van der Waals surface area (Å²) in [7, 11) is 0. The Bertz CT molecular complexity index is 342. The number of ether oxygens (including phenoxy) is 1. The molecule has 1 atom stereocenters. The van der Waals surface area contributed by atoms with Gasteiger partial charge in [0.1, 0.15) is 0 Å². The van der Waals surface area contributed by atoms with Crippen LogP contribution in [0.1, 0.15) is 20.3 Å². The molecule has 0 heterocycles. The van der Waals surface area contributed by atoms with Crippen LogP contribution in [-0.4, -0.2) is 36.8 Å². The molecule has 2 nitrogen and oxygen atoms in total. The SMILES string of the molecule is CCC(C)C(=O)OCC(F)(F)C(F)(F)C(F)(F)C(F)F. The van der Waals surface area contributed by atoms with E-state index in [0.717, 1.165) is 0 Å². The molecule has 0 fully saturated rings.